The minimum absolute atomic E-state index is 0.303. The summed E-state index contributed by atoms with van der Waals surface area (Å²) >= 11 is 0. The lowest BCUT2D eigenvalue weighted by molar-refractivity contribution is -0.138. The molecule has 8 aromatic carbocycles. The van der Waals surface area contributed by atoms with Gasteiger partial charge in [-0.05, 0) is 153 Å². The Balaban J connectivity index is 0.935. The minimum atomic E-state index is -0.482. The molecule has 0 aliphatic carbocycles. The Labute approximate surface area is 430 Å². The van der Waals surface area contributed by atoms with Gasteiger partial charge >= 0.3 is 23.9 Å². The van der Waals surface area contributed by atoms with Gasteiger partial charge in [-0.25, -0.2) is 19.2 Å². The van der Waals surface area contributed by atoms with Gasteiger partial charge in [0.05, 0.1) is 37.6 Å². The standard InChI is InChI=1S/C64H54O10/c1-3-59(65)71-43-11-9-41-69-53-37-29-51(30-38-53)63(67)73-55-33-19-45(20-34-55)17-23-49-27-25-47-13-5-7-15-57(47)61(49)62-50(28-26-48-14-6-8-16-58(48)62)24-18-46-21-35-56(36-22-46)74-64(68)52-31-39-54(40-32-52)70-42-10-12-44-72-60(66)4-2/h3-8,13-40H,1-2,9-12,41-44H2/b23-17-,24-18-. The van der Waals surface area contributed by atoms with Gasteiger partial charge in [-0.1, -0.05) is 135 Å². The van der Waals surface area contributed by atoms with E-state index in [9.17, 15) is 19.2 Å². The monoisotopic (exact) mass is 982 g/mol. The number of unbranched alkanes of at least 4 members (excludes halogenated alkanes) is 2. The molecule has 10 heteroatoms. The molecule has 370 valence electrons. The molecule has 0 unspecified atom stereocenters. The summed E-state index contributed by atoms with van der Waals surface area (Å²) in [5, 5.41) is 4.45. The molecule has 10 nitrogen and oxygen atoms in total. The Bertz CT molecular complexity index is 3090. The highest BCUT2D eigenvalue weighted by Gasteiger charge is 2.16. The van der Waals surface area contributed by atoms with E-state index in [4.69, 9.17) is 28.4 Å². The van der Waals surface area contributed by atoms with Crippen LogP contribution in [0.3, 0.4) is 0 Å². The second kappa shape index (κ2) is 25.7. The van der Waals surface area contributed by atoms with E-state index in [0.717, 1.165) is 67.1 Å². The van der Waals surface area contributed by atoms with E-state index in [2.05, 4.69) is 98.1 Å². The number of fused-ring (bicyclic) bond motifs is 2. The van der Waals surface area contributed by atoms with Crippen molar-refractivity contribution < 1.29 is 47.6 Å². The van der Waals surface area contributed by atoms with Crippen molar-refractivity contribution in [2.75, 3.05) is 26.4 Å². The average Bonchev–Trinajstić information content (AvgIpc) is 3.44. The number of ether oxygens (including phenoxy) is 6. The minimum Gasteiger partial charge on any atom is -0.494 e. The van der Waals surface area contributed by atoms with Crippen molar-refractivity contribution in [1.29, 1.82) is 0 Å². The van der Waals surface area contributed by atoms with Crippen LogP contribution >= 0.6 is 0 Å². The van der Waals surface area contributed by atoms with Crippen LogP contribution in [0, 0.1) is 0 Å². The number of esters is 4. The van der Waals surface area contributed by atoms with E-state index in [1.165, 1.54) is 0 Å². The molecule has 0 aliphatic heterocycles. The third-order valence-corrected chi connectivity index (χ3v) is 11.9. The zero-order chi connectivity index (χ0) is 51.5. The predicted octanol–water partition coefficient (Wildman–Crippen LogP) is 14.2. The maximum atomic E-state index is 13.1. The second-order valence-corrected chi connectivity index (χ2v) is 17.0. The average molecular weight is 983 g/mol. The summed E-state index contributed by atoms with van der Waals surface area (Å²) in [7, 11) is 0. The Kier molecular flexibility index (Phi) is 17.8. The van der Waals surface area contributed by atoms with Crippen molar-refractivity contribution in [3.63, 3.8) is 0 Å². The van der Waals surface area contributed by atoms with Crippen molar-refractivity contribution in [3.8, 4) is 34.1 Å². The molecule has 8 rings (SSSR count). The zero-order valence-corrected chi connectivity index (χ0v) is 40.8. The molecule has 0 saturated heterocycles. The molecular weight excluding hydrogens is 929 g/mol. The van der Waals surface area contributed by atoms with E-state index in [0.29, 0.717) is 86.2 Å². The van der Waals surface area contributed by atoms with Crippen molar-refractivity contribution in [2.45, 2.75) is 25.7 Å². The second-order valence-electron chi connectivity index (χ2n) is 17.0. The van der Waals surface area contributed by atoms with Gasteiger partial charge < -0.3 is 28.4 Å². The van der Waals surface area contributed by atoms with E-state index < -0.39 is 23.9 Å². The van der Waals surface area contributed by atoms with Gasteiger partial charge in [0.1, 0.15) is 23.0 Å². The number of hydrogen-bond acceptors (Lipinski definition) is 10. The molecule has 0 radical (unpaired) electrons. The lowest BCUT2D eigenvalue weighted by atomic mass is 9.86. The summed E-state index contributed by atoms with van der Waals surface area (Å²) in [6.07, 6.45) is 13.4. The number of hydrogen-bond donors (Lipinski definition) is 0. The topological polar surface area (TPSA) is 124 Å². The Morgan fingerprint density at radius 1 is 0.378 bits per heavy atom. The number of carbonyl (C=O) groups is 4. The van der Waals surface area contributed by atoms with Crippen LogP contribution in [0.5, 0.6) is 23.0 Å². The van der Waals surface area contributed by atoms with Crippen LogP contribution in [0.25, 0.3) is 57.0 Å². The maximum Gasteiger partial charge on any atom is 0.343 e. The summed E-state index contributed by atoms with van der Waals surface area (Å²) in [5.74, 6) is 0.236. The van der Waals surface area contributed by atoms with Crippen LogP contribution in [0.4, 0.5) is 0 Å². The van der Waals surface area contributed by atoms with E-state index in [1.54, 1.807) is 72.8 Å². The fraction of sp³-hybridized carbons (Fsp3) is 0.125. The molecule has 0 aliphatic rings. The van der Waals surface area contributed by atoms with E-state index >= 15 is 0 Å². The van der Waals surface area contributed by atoms with Gasteiger partial charge in [0.25, 0.3) is 0 Å². The van der Waals surface area contributed by atoms with Gasteiger partial charge in [0.15, 0.2) is 0 Å². The Hall–Kier alpha value is -9.28. The molecule has 0 fully saturated rings. The smallest absolute Gasteiger partial charge is 0.343 e. The molecule has 0 aromatic heterocycles. The Morgan fingerprint density at radius 2 is 0.743 bits per heavy atom. The van der Waals surface area contributed by atoms with Gasteiger partial charge in [-0.2, -0.15) is 0 Å². The number of rotatable bonds is 23. The van der Waals surface area contributed by atoms with Crippen LogP contribution in [-0.4, -0.2) is 50.3 Å². The van der Waals surface area contributed by atoms with Crippen LogP contribution in [0.15, 0.2) is 195 Å². The van der Waals surface area contributed by atoms with Crippen LogP contribution in [-0.2, 0) is 19.1 Å². The van der Waals surface area contributed by atoms with Crippen molar-refractivity contribution in [3.05, 3.63) is 229 Å². The summed E-state index contributed by atoms with van der Waals surface area (Å²) in [5.41, 5.74) is 6.88. The first-order valence-electron chi connectivity index (χ1n) is 24.3. The highest BCUT2D eigenvalue weighted by Crippen LogP contribution is 2.41. The molecule has 8 aromatic rings. The van der Waals surface area contributed by atoms with Crippen LogP contribution in [0.2, 0.25) is 0 Å². The first-order chi connectivity index (χ1) is 36.2. The lowest BCUT2D eigenvalue weighted by Crippen LogP contribution is -2.08. The molecule has 0 bridgehead atoms. The highest BCUT2D eigenvalue weighted by molar-refractivity contribution is 6.11. The zero-order valence-electron chi connectivity index (χ0n) is 40.8. The summed E-state index contributed by atoms with van der Waals surface area (Å²) in [6.45, 7) is 8.26. The fourth-order valence-corrected chi connectivity index (χ4v) is 8.04. The van der Waals surface area contributed by atoms with E-state index in [-0.39, 0.29) is 0 Å². The lowest BCUT2D eigenvalue weighted by Gasteiger charge is -2.17. The van der Waals surface area contributed by atoms with Crippen molar-refractivity contribution >= 4 is 69.7 Å². The molecule has 0 heterocycles. The summed E-state index contributed by atoms with van der Waals surface area (Å²) < 4.78 is 32.9. The first-order valence-corrected chi connectivity index (χ1v) is 24.3. The van der Waals surface area contributed by atoms with Gasteiger partial charge in [0.2, 0.25) is 0 Å². The van der Waals surface area contributed by atoms with Crippen LogP contribution < -0.4 is 18.9 Å². The predicted molar refractivity (Wildman–Crippen MR) is 292 cm³/mol. The molecule has 0 amide bonds. The quantitative estimate of drug-likeness (QED) is 0.0201. The van der Waals surface area contributed by atoms with Crippen molar-refractivity contribution in [2.24, 2.45) is 0 Å². The molecule has 0 N–H and O–H groups in total. The summed E-state index contributed by atoms with van der Waals surface area (Å²) in [6, 6.07) is 53.7. The molecule has 74 heavy (non-hydrogen) atoms. The molecule has 0 spiro atoms. The van der Waals surface area contributed by atoms with Gasteiger partial charge in [-0.15, -0.1) is 0 Å². The first kappa shape index (κ1) is 51.1. The van der Waals surface area contributed by atoms with Crippen molar-refractivity contribution in [1.82, 2.24) is 0 Å². The number of carbonyl (C=O) groups excluding carboxylic acids is 4. The molecule has 0 atom stereocenters. The highest BCUT2D eigenvalue weighted by atomic mass is 16.5. The van der Waals surface area contributed by atoms with E-state index in [1.807, 2.05) is 36.4 Å². The largest absolute Gasteiger partial charge is 0.494 e. The third-order valence-electron chi connectivity index (χ3n) is 11.9. The SMILES string of the molecule is C=CC(=O)OCCCCOc1ccc(C(=O)Oc2ccc(/C=C\c3ccc4ccccc4c3-c3c(/C=C\c4ccc(OC(=O)c5ccc(OCCCCOC(=O)C=C)cc5)cc4)ccc4ccccc34)cc2)cc1. The number of benzene rings is 8. The summed E-state index contributed by atoms with van der Waals surface area (Å²) in [4.78, 5) is 48.5. The van der Waals surface area contributed by atoms with Gasteiger partial charge in [-0.3, -0.25) is 0 Å². The molecule has 0 saturated carbocycles. The maximum absolute atomic E-state index is 13.1. The fourth-order valence-electron chi connectivity index (χ4n) is 8.04. The third kappa shape index (κ3) is 14.0. The Morgan fingerprint density at radius 3 is 1.14 bits per heavy atom. The van der Waals surface area contributed by atoms with Crippen LogP contribution in [0.1, 0.15) is 68.7 Å². The van der Waals surface area contributed by atoms with Gasteiger partial charge in [0, 0.05) is 12.2 Å². The normalized spacial score (nSPS) is 11.1. The molecular formula is C64H54O10.